The van der Waals surface area contributed by atoms with E-state index in [9.17, 15) is 4.79 Å². The van der Waals surface area contributed by atoms with Gasteiger partial charge in [-0.05, 0) is 36.8 Å². The van der Waals surface area contributed by atoms with Crippen LogP contribution in [0, 0.1) is 0 Å². The Kier molecular flexibility index (Phi) is 4.40. The van der Waals surface area contributed by atoms with Crippen LogP contribution in [0.5, 0.6) is 0 Å². The van der Waals surface area contributed by atoms with Gasteiger partial charge in [0.05, 0.1) is 21.7 Å². The summed E-state index contributed by atoms with van der Waals surface area (Å²) in [6, 6.07) is 8.57. The summed E-state index contributed by atoms with van der Waals surface area (Å²) in [7, 11) is 0. The molecule has 0 aliphatic rings. The van der Waals surface area contributed by atoms with Crippen LogP contribution in [-0.4, -0.2) is 10.9 Å². The topological polar surface area (TPSA) is 42.0 Å². The maximum Gasteiger partial charge on any atom is 0.253 e. The average molecular weight is 295 g/mol. The van der Waals surface area contributed by atoms with Crippen LogP contribution in [0.15, 0.2) is 42.7 Å². The van der Waals surface area contributed by atoms with Crippen LogP contribution in [-0.2, 0) is 0 Å². The number of halogens is 2. The first-order valence-electron chi connectivity index (χ1n) is 5.74. The summed E-state index contributed by atoms with van der Waals surface area (Å²) in [6.45, 7) is 1.88. The van der Waals surface area contributed by atoms with Crippen molar-refractivity contribution in [2.75, 3.05) is 0 Å². The van der Waals surface area contributed by atoms with Crippen LogP contribution in [0.1, 0.15) is 28.9 Å². The number of nitrogens with zero attached hydrogens (tertiary/aromatic N) is 1. The standard InChI is InChI=1S/C14H12Cl2N2O/c1-9(10-4-5-12(15)13(16)7-10)18-14(19)11-3-2-6-17-8-11/h2-9H,1H3,(H,18,19). The van der Waals surface area contributed by atoms with Crippen molar-refractivity contribution in [3.05, 3.63) is 63.9 Å². The van der Waals surface area contributed by atoms with E-state index < -0.39 is 0 Å². The van der Waals surface area contributed by atoms with Crippen LogP contribution in [0.2, 0.25) is 10.0 Å². The fourth-order valence-corrected chi connectivity index (χ4v) is 1.95. The zero-order valence-electron chi connectivity index (χ0n) is 10.2. The second-order valence-electron chi connectivity index (χ2n) is 4.11. The molecule has 0 bridgehead atoms. The molecule has 5 heteroatoms. The van der Waals surface area contributed by atoms with E-state index in [2.05, 4.69) is 10.3 Å². The smallest absolute Gasteiger partial charge is 0.253 e. The zero-order valence-corrected chi connectivity index (χ0v) is 11.7. The highest BCUT2D eigenvalue weighted by atomic mass is 35.5. The Morgan fingerprint density at radius 3 is 2.68 bits per heavy atom. The third kappa shape index (κ3) is 3.46. The van der Waals surface area contributed by atoms with Crippen molar-refractivity contribution in [3.63, 3.8) is 0 Å². The number of carbonyl (C=O) groups is 1. The molecule has 1 aromatic carbocycles. The van der Waals surface area contributed by atoms with Gasteiger partial charge in [-0.15, -0.1) is 0 Å². The van der Waals surface area contributed by atoms with Crippen molar-refractivity contribution >= 4 is 29.1 Å². The number of hydrogen-bond acceptors (Lipinski definition) is 2. The molecule has 1 N–H and O–H groups in total. The van der Waals surface area contributed by atoms with E-state index in [1.807, 2.05) is 13.0 Å². The summed E-state index contributed by atoms with van der Waals surface area (Å²) in [5.74, 6) is -0.174. The van der Waals surface area contributed by atoms with Gasteiger partial charge in [-0.1, -0.05) is 29.3 Å². The maximum atomic E-state index is 12.0. The monoisotopic (exact) mass is 294 g/mol. The number of amides is 1. The van der Waals surface area contributed by atoms with Crippen LogP contribution in [0.25, 0.3) is 0 Å². The predicted molar refractivity (Wildman–Crippen MR) is 76.6 cm³/mol. The molecular weight excluding hydrogens is 283 g/mol. The maximum absolute atomic E-state index is 12.0. The highest BCUT2D eigenvalue weighted by Gasteiger charge is 2.12. The Balaban J connectivity index is 2.10. The molecule has 0 radical (unpaired) electrons. The second-order valence-corrected chi connectivity index (χ2v) is 4.92. The summed E-state index contributed by atoms with van der Waals surface area (Å²) >= 11 is 11.8. The van der Waals surface area contributed by atoms with E-state index in [1.165, 1.54) is 6.20 Å². The molecule has 0 saturated heterocycles. The third-order valence-corrected chi connectivity index (χ3v) is 3.45. The molecule has 0 fully saturated rings. The van der Waals surface area contributed by atoms with Crippen molar-refractivity contribution < 1.29 is 4.79 Å². The van der Waals surface area contributed by atoms with E-state index in [1.54, 1.807) is 30.5 Å². The normalized spacial score (nSPS) is 11.9. The van der Waals surface area contributed by atoms with Crippen molar-refractivity contribution in [1.82, 2.24) is 10.3 Å². The van der Waals surface area contributed by atoms with E-state index in [0.717, 1.165) is 5.56 Å². The van der Waals surface area contributed by atoms with E-state index in [4.69, 9.17) is 23.2 Å². The highest BCUT2D eigenvalue weighted by molar-refractivity contribution is 6.42. The molecule has 0 saturated carbocycles. The number of hydrogen-bond donors (Lipinski definition) is 1. The molecule has 1 atom stereocenters. The Morgan fingerprint density at radius 2 is 2.05 bits per heavy atom. The molecule has 1 unspecified atom stereocenters. The molecular formula is C14H12Cl2N2O. The van der Waals surface area contributed by atoms with Crippen LogP contribution in [0.3, 0.4) is 0 Å². The van der Waals surface area contributed by atoms with E-state index >= 15 is 0 Å². The SMILES string of the molecule is CC(NC(=O)c1cccnc1)c1ccc(Cl)c(Cl)c1. The van der Waals surface area contributed by atoms with Gasteiger partial charge < -0.3 is 5.32 Å². The predicted octanol–water partition coefficient (Wildman–Crippen LogP) is 3.88. The zero-order chi connectivity index (χ0) is 13.8. The number of rotatable bonds is 3. The van der Waals surface area contributed by atoms with Gasteiger partial charge in [0.1, 0.15) is 0 Å². The summed E-state index contributed by atoms with van der Waals surface area (Å²) in [5, 5.41) is 3.85. The van der Waals surface area contributed by atoms with E-state index in [0.29, 0.717) is 15.6 Å². The largest absolute Gasteiger partial charge is 0.345 e. The number of nitrogens with one attached hydrogen (secondary N) is 1. The fourth-order valence-electron chi connectivity index (χ4n) is 1.64. The molecule has 0 aliphatic carbocycles. The molecule has 0 aliphatic heterocycles. The van der Waals surface area contributed by atoms with Crippen molar-refractivity contribution in [2.45, 2.75) is 13.0 Å². The Bertz CT molecular complexity index is 587. The summed E-state index contributed by atoms with van der Waals surface area (Å²) < 4.78 is 0. The lowest BCUT2D eigenvalue weighted by atomic mass is 10.1. The summed E-state index contributed by atoms with van der Waals surface area (Å²) in [4.78, 5) is 15.9. The van der Waals surface area contributed by atoms with Crippen molar-refractivity contribution in [2.24, 2.45) is 0 Å². The van der Waals surface area contributed by atoms with Gasteiger partial charge in [0.2, 0.25) is 0 Å². The average Bonchev–Trinajstić information content (AvgIpc) is 2.42. The second kappa shape index (κ2) is 6.04. The third-order valence-electron chi connectivity index (χ3n) is 2.71. The van der Waals surface area contributed by atoms with Gasteiger partial charge in [0.15, 0.2) is 0 Å². The molecule has 0 spiro atoms. The van der Waals surface area contributed by atoms with Crippen LogP contribution in [0.4, 0.5) is 0 Å². The van der Waals surface area contributed by atoms with Crippen molar-refractivity contribution in [3.8, 4) is 0 Å². The first-order chi connectivity index (χ1) is 9.08. The van der Waals surface area contributed by atoms with Crippen LogP contribution < -0.4 is 5.32 Å². The fraction of sp³-hybridized carbons (Fsp3) is 0.143. The number of pyridine rings is 1. The molecule has 2 rings (SSSR count). The first-order valence-corrected chi connectivity index (χ1v) is 6.49. The molecule has 1 heterocycles. The molecule has 98 valence electrons. The molecule has 19 heavy (non-hydrogen) atoms. The van der Waals surface area contributed by atoms with Gasteiger partial charge in [-0.2, -0.15) is 0 Å². The minimum Gasteiger partial charge on any atom is -0.345 e. The summed E-state index contributed by atoms with van der Waals surface area (Å²) in [5.41, 5.74) is 1.42. The first kappa shape index (κ1) is 13.8. The number of aromatic nitrogens is 1. The van der Waals surface area contributed by atoms with Gasteiger partial charge in [-0.25, -0.2) is 0 Å². The van der Waals surface area contributed by atoms with Crippen LogP contribution >= 0.6 is 23.2 Å². The number of carbonyl (C=O) groups excluding carboxylic acids is 1. The Labute approximate surface area is 121 Å². The molecule has 2 aromatic rings. The minimum absolute atomic E-state index is 0.164. The quantitative estimate of drug-likeness (QED) is 0.933. The molecule has 1 aromatic heterocycles. The highest BCUT2D eigenvalue weighted by Crippen LogP contribution is 2.25. The van der Waals surface area contributed by atoms with Gasteiger partial charge in [0, 0.05) is 12.4 Å². The Hall–Kier alpha value is -1.58. The number of benzene rings is 1. The molecule has 1 amide bonds. The van der Waals surface area contributed by atoms with Gasteiger partial charge in [-0.3, -0.25) is 9.78 Å². The van der Waals surface area contributed by atoms with Gasteiger partial charge >= 0.3 is 0 Å². The van der Waals surface area contributed by atoms with Crippen molar-refractivity contribution in [1.29, 1.82) is 0 Å². The van der Waals surface area contributed by atoms with E-state index in [-0.39, 0.29) is 11.9 Å². The Morgan fingerprint density at radius 1 is 1.26 bits per heavy atom. The minimum atomic E-state index is -0.174. The lowest BCUT2D eigenvalue weighted by molar-refractivity contribution is 0.0939. The lowest BCUT2D eigenvalue weighted by Crippen LogP contribution is -2.26. The van der Waals surface area contributed by atoms with Gasteiger partial charge in [0.25, 0.3) is 5.91 Å². The summed E-state index contributed by atoms with van der Waals surface area (Å²) in [6.07, 6.45) is 3.15. The lowest BCUT2D eigenvalue weighted by Gasteiger charge is -2.14. The molecule has 3 nitrogen and oxygen atoms in total.